The topological polar surface area (TPSA) is 54.5 Å². The fourth-order valence-electron chi connectivity index (χ4n) is 1.59. The quantitative estimate of drug-likeness (QED) is 0.714. The molecule has 1 unspecified atom stereocenters. The number of imide groups is 1. The molecule has 4 nitrogen and oxygen atoms in total. The average molecular weight is 251 g/mol. The second-order valence-corrected chi connectivity index (χ2v) is 6.90. The number of nitrogens with zero attached hydrogens (tertiary/aromatic N) is 1. The number of hydrogen-bond donors (Lipinski definition) is 0. The van der Waals surface area contributed by atoms with Crippen LogP contribution in [-0.4, -0.2) is 25.1 Å². The molecule has 2 amide bonds. The van der Waals surface area contributed by atoms with Crippen molar-refractivity contribution in [2.24, 2.45) is 0 Å². The van der Waals surface area contributed by atoms with Crippen LogP contribution < -0.4 is 0 Å². The van der Waals surface area contributed by atoms with E-state index in [1.807, 2.05) is 0 Å². The largest absolute Gasteiger partial charge is 0.273 e. The van der Waals surface area contributed by atoms with Gasteiger partial charge in [-0.05, 0) is 32.9 Å². The number of rotatable bonds is 1. The van der Waals surface area contributed by atoms with Crippen LogP contribution in [0.3, 0.4) is 0 Å². The van der Waals surface area contributed by atoms with Gasteiger partial charge in [-0.25, -0.2) is 4.21 Å². The van der Waals surface area contributed by atoms with Gasteiger partial charge in [-0.2, -0.15) is 4.31 Å². The monoisotopic (exact) mass is 251 g/mol. The van der Waals surface area contributed by atoms with Crippen LogP contribution in [0.25, 0.3) is 0 Å². The molecule has 1 atom stereocenters. The molecule has 90 valence electrons. The SMILES string of the molecule is CC(C)(C)S(=O)N1C(=O)c2ccccc2C1=O. The summed E-state index contributed by atoms with van der Waals surface area (Å²) in [6.07, 6.45) is 0. The van der Waals surface area contributed by atoms with E-state index < -0.39 is 27.5 Å². The van der Waals surface area contributed by atoms with Gasteiger partial charge in [-0.15, -0.1) is 0 Å². The van der Waals surface area contributed by atoms with Gasteiger partial charge in [-0.1, -0.05) is 12.1 Å². The summed E-state index contributed by atoms with van der Waals surface area (Å²) in [5.41, 5.74) is 0.658. The Morgan fingerprint density at radius 2 is 1.41 bits per heavy atom. The first-order valence-corrected chi connectivity index (χ1v) is 6.34. The van der Waals surface area contributed by atoms with E-state index in [1.165, 1.54) is 0 Å². The average Bonchev–Trinajstić information content (AvgIpc) is 2.51. The Kier molecular flexibility index (Phi) is 2.66. The Morgan fingerprint density at radius 3 is 1.76 bits per heavy atom. The Morgan fingerprint density at radius 1 is 1.00 bits per heavy atom. The smallest absolute Gasteiger partial charge is 0.268 e. The molecule has 0 saturated carbocycles. The molecule has 0 fully saturated rings. The minimum absolute atomic E-state index is 0.329. The number of carbonyl (C=O) groups excluding carboxylic acids is 2. The van der Waals surface area contributed by atoms with Crippen LogP contribution in [0, 0.1) is 0 Å². The normalized spacial score (nSPS) is 17.2. The lowest BCUT2D eigenvalue weighted by Crippen LogP contribution is -2.41. The molecule has 1 aromatic rings. The van der Waals surface area contributed by atoms with E-state index in [2.05, 4.69) is 0 Å². The maximum atomic E-state index is 12.2. The zero-order valence-corrected chi connectivity index (χ0v) is 10.7. The van der Waals surface area contributed by atoms with E-state index in [-0.39, 0.29) is 0 Å². The molecule has 0 saturated heterocycles. The summed E-state index contributed by atoms with van der Waals surface area (Å²) in [4.78, 5) is 24.0. The molecule has 1 aromatic carbocycles. The third kappa shape index (κ3) is 1.80. The fourth-order valence-corrected chi connectivity index (χ4v) is 2.64. The number of amides is 2. The summed E-state index contributed by atoms with van der Waals surface area (Å²) in [6.45, 7) is 5.19. The molecule has 1 aliphatic rings. The fraction of sp³-hybridized carbons (Fsp3) is 0.333. The molecular weight excluding hydrogens is 238 g/mol. The summed E-state index contributed by atoms with van der Waals surface area (Å²) in [7, 11) is -1.66. The molecule has 0 N–H and O–H groups in total. The second-order valence-electron chi connectivity index (χ2n) is 4.81. The van der Waals surface area contributed by atoms with Crippen LogP contribution in [0.15, 0.2) is 24.3 Å². The first kappa shape index (κ1) is 12.0. The summed E-state index contributed by atoms with van der Waals surface area (Å²) < 4.78 is 12.4. The van der Waals surface area contributed by atoms with Gasteiger partial charge in [-0.3, -0.25) is 9.59 Å². The summed E-state index contributed by atoms with van der Waals surface area (Å²) in [5, 5.41) is 0. The highest BCUT2D eigenvalue weighted by molar-refractivity contribution is 7.85. The maximum absolute atomic E-state index is 12.2. The van der Waals surface area contributed by atoms with E-state index in [9.17, 15) is 13.8 Å². The van der Waals surface area contributed by atoms with Crippen LogP contribution in [0.2, 0.25) is 0 Å². The molecule has 1 heterocycles. The third-order valence-electron chi connectivity index (χ3n) is 2.45. The molecular formula is C12H13NO3S. The highest BCUT2D eigenvalue weighted by Gasteiger charge is 2.42. The zero-order valence-electron chi connectivity index (χ0n) is 9.89. The van der Waals surface area contributed by atoms with Crippen LogP contribution in [0.5, 0.6) is 0 Å². The van der Waals surface area contributed by atoms with Crippen molar-refractivity contribution >= 4 is 22.8 Å². The van der Waals surface area contributed by atoms with Crippen molar-refractivity contribution in [2.75, 3.05) is 0 Å². The summed E-state index contributed by atoms with van der Waals surface area (Å²) in [5.74, 6) is -0.947. The maximum Gasteiger partial charge on any atom is 0.273 e. The minimum Gasteiger partial charge on any atom is -0.268 e. The van der Waals surface area contributed by atoms with Crippen molar-refractivity contribution in [1.82, 2.24) is 4.31 Å². The van der Waals surface area contributed by atoms with Gasteiger partial charge in [0.1, 0.15) is 11.0 Å². The van der Waals surface area contributed by atoms with Crippen molar-refractivity contribution in [3.63, 3.8) is 0 Å². The Balaban J connectivity index is 2.47. The van der Waals surface area contributed by atoms with Crippen LogP contribution in [0.1, 0.15) is 41.5 Å². The van der Waals surface area contributed by atoms with Crippen molar-refractivity contribution in [3.05, 3.63) is 35.4 Å². The highest BCUT2D eigenvalue weighted by Crippen LogP contribution is 2.27. The van der Waals surface area contributed by atoms with Crippen LogP contribution in [0.4, 0.5) is 0 Å². The van der Waals surface area contributed by atoms with E-state index >= 15 is 0 Å². The molecule has 17 heavy (non-hydrogen) atoms. The zero-order chi connectivity index (χ0) is 12.8. The van der Waals surface area contributed by atoms with Gasteiger partial charge in [0.15, 0.2) is 0 Å². The third-order valence-corrected chi connectivity index (χ3v) is 4.16. The van der Waals surface area contributed by atoms with Gasteiger partial charge in [0.2, 0.25) is 0 Å². The van der Waals surface area contributed by atoms with Crippen molar-refractivity contribution < 1.29 is 13.8 Å². The van der Waals surface area contributed by atoms with Crippen molar-refractivity contribution in [3.8, 4) is 0 Å². The standard InChI is InChI=1S/C12H13NO3S/c1-12(2,3)17(16)13-10(14)8-6-4-5-7-9(8)11(13)15/h4-7H,1-3H3. The number of fused-ring (bicyclic) bond motifs is 1. The molecule has 0 aliphatic carbocycles. The highest BCUT2D eigenvalue weighted by atomic mass is 32.2. The first-order valence-electron chi connectivity index (χ1n) is 5.24. The molecule has 0 radical (unpaired) electrons. The number of benzene rings is 1. The minimum atomic E-state index is -1.66. The van der Waals surface area contributed by atoms with E-state index in [4.69, 9.17) is 0 Å². The van der Waals surface area contributed by atoms with Gasteiger partial charge >= 0.3 is 0 Å². The molecule has 5 heteroatoms. The predicted octanol–water partition coefficient (Wildman–Crippen LogP) is 1.74. The molecule has 0 aromatic heterocycles. The van der Waals surface area contributed by atoms with E-state index in [0.29, 0.717) is 11.1 Å². The predicted molar refractivity (Wildman–Crippen MR) is 64.8 cm³/mol. The molecule has 0 bridgehead atoms. The molecule has 1 aliphatic heterocycles. The van der Waals surface area contributed by atoms with E-state index in [1.54, 1.807) is 45.0 Å². The Hall–Kier alpha value is -1.49. The lowest BCUT2D eigenvalue weighted by atomic mass is 10.1. The molecule has 2 rings (SSSR count). The number of carbonyl (C=O) groups is 2. The Labute approximate surface area is 102 Å². The number of hydrogen-bond acceptors (Lipinski definition) is 3. The van der Waals surface area contributed by atoms with Gasteiger partial charge in [0.25, 0.3) is 11.8 Å². The van der Waals surface area contributed by atoms with Crippen LogP contribution >= 0.6 is 0 Å². The second kappa shape index (κ2) is 3.77. The summed E-state index contributed by atoms with van der Waals surface area (Å²) in [6, 6.07) is 6.53. The Bertz CT molecular complexity index is 496. The molecule has 0 spiro atoms. The lowest BCUT2D eigenvalue weighted by molar-refractivity contribution is 0.0769. The van der Waals surface area contributed by atoms with Crippen molar-refractivity contribution in [1.29, 1.82) is 0 Å². The first-order chi connectivity index (χ1) is 7.84. The van der Waals surface area contributed by atoms with Crippen molar-refractivity contribution in [2.45, 2.75) is 25.5 Å². The summed E-state index contributed by atoms with van der Waals surface area (Å²) >= 11 is 0. The van der Waals surface area contributed by atoms with Gasteiger partial charge in [0, 0.05) is 0 Å². The van der Waals surface area contributed by atoms with E-state index in [0.717, 1.165) is 4.31 Å². The van der Waals surface area contributed by atoms with Gasteiger partial charge < -0.3 is 0 Å². The van der Waals surface area contributed by atoms with Gasteiger partial charge in [0.05, 0.1) is 15.9 Å². The van der Waals surface area contributed by atoms with Crippen LogP contribution in [-0.2, 0) is 11.0 Å². The lowest BCUT2D eigenvalue weighted by Gasteiger charge is -2.23.